The second-order valence-electron chi connectivity index (χ2n) is 6.07. The van der Waals surface area contributed by atoms with Gasteiger partial charge in [0.25, 0.3) is 0 Å². The summed E-state index contributed by atoms with van der Waals surface area (Å²) in [7, 11) is 0. The lowest BCUT2D eigenvalue weighted by Crippen LogP contribution is -2.10. The molecule has 1 aromatic rings. The van der Waals surface area contributed by atoms with Gasteiger partial charge in [0.1, 0.15) is 0 Å². The molecule has 4 heteroatoms. The summed E-state index contributed by atoms with van der Waals surface area (Å²) in [5, 5.41) is 18.1. The first-order valence-corrected chi connectivity index (χ1v) is 8.57. The lowest BCUT2D eigenvalue weighted by atomic mass is 9.93. The number of rotatable bonds is 12. The molecule has 23 heavy (non-hydrogen) atoms. The second kappa shape index (κ2) is 10.8. The normalized spacial score (nSPS) is 10.7. The Morgan fingerprint density at radius 2 is 1.39 bits per heavy atom. The van der Waals surface area contributed by atoms with Crippen LogP contribution in [-0.2, 0) is 28.9 Å². The number of hydrogen-bond donors (Lipinski definition) is 2. The maximum absolute atomic E-state index is 11.1. The summed E-state index contributed by atoms with van der Waals surface area (Å²) >= 11 is 0. The number of benzene rings is 1. The summed E-state index contributed by atoms with van der Waals surface area (Å²) < 4.78 is 0. The van der Waals surface area contributed by atoms with Gasteiger partial charge in [-0.15, -0.1) is 0 Å². The Bertz CT molecular complexity index is 508. The number of carboxylic acid groups (broad SMARTS) is 2. The topological polar surface area (TPSA) is 74.6 Å². The molecule has 0 aromatic heterocycles. The van der Waals surface area contributed by atoms with Crippen molar-refractivity contribution in [2.45, 2.75) is 71.1 Å². The second-order valence-corrected chi connectivity index (χ2v) is 6.07. The summed E-state index contributed by atoms with van der Waals surface area (Å²) in [4.78, 5) is 22.0. The van der Waals surface area contributed by atoms with Gasteiger partial charge in [-0.05, 0) is 29.5 Å². The molecule has 1 rings (SSSR count). The number of carboxylic acids is 2. The average Bonchev–Trinajstić information content (AvgIpc) is 2.48. The van der Waals surface area contributed by atoms with Gasteiger partial charge < -0.3 is 10.2 Å². The molecule has 0 amide bonds. The van der Waals surface area contributed by atoms with Crippen LogP contribution in [0.1, 0.15) is 68.6 Å². The number of carbonyl (C=O) groups is 2. The van der Waals surface area contributed by atoms with Crippen LogP contribution < -0.4 is 0 Å². The third-order valence-corrected chi connectivity index (χ3v) is 4.09. The predicted molar refractivity (Wildman–Crippen MR) is 90.8 cm³/mol. The van der Waals surface area contributed by atoms with Crippen molar-refractivity contribution in [3.05, 3.63) is 34.9 Å². The monoisotopic (exact) mass is 320 g/mol. The van der Waals surface area contributed by atoms with Crippen LogP contribution in [0.25, 0.3) is 0 Å². The van der Waals surface area contributed by atoms with Gasteiger partial charge in [0, 0.05) is 0 Å². The first-order chi connectivity index (χ1) is 11.0. The minimum Gasteiger partial charge on any atom is -0.481 e. The highest BCUT2D eigenvalue weighted by molar-refractivity contribution is 5.75. The smallest absolute Gasteiger partial charge is 0.307 e. The fraction of sp³-hybridized carbons (Fsp3) is 0.579. The molecular formula is C19H28O4. The zero-order valence-electron chi connectivity index (χ0n) is 14.0. The van der Waals surface area contributed by atoms with Crippen molar-refractivity contribution >= 4 is 11.9 Å². The van der Waals surface area contributed by atoms with Crippen molar-refractivity contribution in [1.82, 2.24) is 0 Å². The number of hydrogen-bond acceptors (Lipinski definition) is 2. The molecule has 0 aliphatic heterocycles. The van der Waals surface area contributed by atoms with E-state index in [0.717, 1.165) is 24.8 Å². The van der Waals surface area contributed by atoms with Gasteiger partial charge >= 0.3 is 11.9 Å². The van der Waals surface area contributed by atoms with E-state index in [0.29, 0.717) is 11.1 Å². The SMILES string of the molecule is CCCCCCCCCc1cccc(CC(=O)O)c1CC(=O)O. The van der Waals surface area contributed by atoms with Crippen molar-refractivity contribution < 1.29 is 19.8 Å². The van der Waals surface area contributed by atoms with E-state index < -0.39 is 11.9 Å². The Hall–Kier alpha value is -1.84. The van der Waals surface area contributed by atoms with Gasteiger partial charge in [-0.25, -0.2) is 0 Å². The fourth-order valence-corrected chi connectivity index (χ4v) is 2.90. The van der Waals surface area contributed by atoms with Gasteiger partial charge in [-0.2, -0.15) is 0 Å². The van der Waals surface area contributed by atoms with Gasteiger partial charge in [-0.1, -0.05) is 63.6 Å². The van der Waals surface area contributed by atoms with Crippen LogP contribution in [0, 0.1) is 0 Å². The molecule has 0 bridgehead atoms. The molecule has 128 valence electrons. The highest BCUT2D eigenvalue weighted by atomic mass is 16.4. The van der Waals surface area contributed by atoms with Crippen LogP contribution in [0.4, 0.5) is 0 Å². The van der Waals surface area contributed by atoms with Crippen LogP contribution in [0.15, 0.2) is 18.2 Å². The minimum absolute atomic E-state index is 0.102. The average molecular weight is 320 g/mol. The summed E-state index contributed by atoms with van der Waals surface area (Å²) in [5.41, 5.74) is 2.30. The van der Waals surface area contributed by atoms with Crippen LogP contribution >= 0.6 is 0 Å². The van der Waals surface area contributed by atoms with Crippen molar-refractivity contribution in [3.8, 4) is 0 Å². The zero-order valence-corrected chi connectivity index (χ0v) is 14.0. The molecule has 0 radical (unpaired) electrons. The summed E-state index contributed by atoms with van der Waals surface area (Å²) in [6.45, 7) is 2.20. The molecule has 4 nitrogen and oxygen atoms in total. The van der Waals surface area contributed by atoms with E-state index >= 15 is 0 Å². The number of aryl methyl sites for hydroxylation is 1. The molecule has 0 atom stereocenters. The Balaban J connectivity index is 2.62. The van der Waals surface area contributed by atoms with Crippen molar-refractivity contribution in [2.24, 2.45) is 0 Å². The van der Waals surface area contributed by atoms with Crippen molar-refractivity contribution in [1.29, 1.82) is 0 Å². The number of unbranched alkanes of at least 4 members (excludes halogenated alkanes) is 6. The Morgan fingerprint density at radius 3 is 2.00 bits per heavy atom. The molecule has 0 aliphatic carbocycles. The van der Waals surface area contributed by atoms with Crippen molar-refractivity contribution in [3.63, 3.8) is 0 Å². The Kier molecular flexibility index (Phi) is 9.03. The molecule has 0 spiro atoms. The standard InChI is InChI=1S/C19H28O4/c1-2-3-4-5-6-7-8-10-15-11-9-12-16(13-18(20)21)17(15)14-19(22)23/h9,11-12H,2-8,10,13-14H2,1H3,(H,20,21)(H,22,23). The summed E-state index contributed by atoms with van der Waals surface area (Å²) in [6.07, 6.45) is 9.06. The Labute approximate surface area is 138 Å². The van der Waals surface area contributed by atoms with E-state index in [1.807, 2.05) is 12.1 Å². The first kappa shape index (κ1) is 19.2. The largest absolute Gasteiger partial charge is 0.481 e. The van der Waals surface area contributed by atoms with E-state index in [1.165, 1.54) is 32.1 Å². The van der Waals surface area contributed by atoms with Crippen LogP contribution in [0.2, 0.25) is 0 Å². The van der Waals surface area contributed by atoms with Crippen LogP contribution in [0.5, 0.6) is 0 Å². The third-order valence-electron chi connectivity index (χ3n) is 4.09. The van der Waals surface area contributed by atoms with E-state index in [-0.39, 0.29) is 12.8 Å². The highest BCUT2D eigenvalue weighted by Crippen LogP contribution is 2.20. The maximum atomic E-state index is 11.1. The van der Waals surface area contributed by atoms with Gasteiger partial charge in [0.2, 0.25) is 0 Å². The van der Waals surface area contributed by atoms with E-state index in [9.17, 15) is 9.59 Å². The maximum Gasteiger partial charge on any atom is 0.307 e. The quantitative estimate of drug-likeness (QED) is 0.565. The Morgan fingerprint density at radius 1 is 0.826 bits per heavy atom. The molecule has 0 saturated carbocycles. The van der Waals surface area contributed by atoms with Crippen LogP contribution in [0.3, 0.4) is 0 Å². The van der Waals surface area contributed by atoms with E-state index in [1.54, 1.807) is 6.07 Å². The van der Waals surface area contributed by atoms with Gasteiger partial charge in [0.05, 0.1) is 12.8 Å². The third kappa shape index (κ3) is 7.82. The number of aliphatic carboxylic acids is 2. The molecule has 0 aliphatic rings. The molecular weight excluding hydrogens is 292 g/mol. The molecule has 0 saturated heterocycles. The molecule has 0 fully saturated rings. The fourth-order valence-electron chi connectivity index (χ4n) is 2.90. The molecule has 0 heterocycles. The predicted octanol–water partition coefficient (Wildman–Crippen LogP) is 4.23. The zero-order chi connectivity index (χ0) is 17.1. The van der Waals surface area contributed by atoms with Crippen LogP contribution in [-0.4, -0.2) is 22.2 Å². The van der Waals surface area contributed by atoms with E-state index in [2.05, 4.69) is 6.92 Å². The minimum atomic E-state index is -0.926. The summed E-state index contributed by atoms with van der Waals surface area (Å²) in [5.74, 6) is -1.84. The molecule has 1 aromatic carbocycles. The molecule has 2 N–H and O–H groups in total. The highest BCUT2D eigenvalue weighted by Gasteiger charge is 2.14. The van der Waals surface area contributed by atoms with Gasteiger partial charge in [-0.3, -0.25) is 9.59 Å². The lowest BCUT2D eigenvalue weighted by Gasteiger charge is -2.12. The molecule has 0 unspecified atom stereocenters. The van der Waals surface area contributed by atoms with E-state index in [4.69, 9.17) is 10.2 Å². The first-order valence-electron chi connectivity index (χ1n) is 8.57. The summed E-state index contributed by atoms with van der Waals surface area (Å²) in [6, 6.07) is 5.49. The van der Waals surface area contributed by atoms with Crippen molar-refractivity contribution in [2.75, 3.05) is 0 Å². The van der Waals surface area contributed by atoms with Gasteiger partial charge in [0.15, 0.2) is 0 Å². The lowest BCUT2D eigenvalue weighted by molar-refractivity contribution is -0.137.